The highest BCUT2D eigenvalue weighted by Crippen LogP contribution is 2.13. The largest absolute Gasteiger partial charge is 0.479 e. The van der Waals surface area contributed by atoms with Crippen molar-refractivity contribution in [2.24, 2.45) is 0 Å². The summed E-state index contributed by atoms with van der Waals surface area (Å²) >= 11 is 11.9. The van der Waals surface area contributed by atoms with Crippen molar-refractivity contribution >= 4 is 45.7 Å². The average Bonchev–Trinajstić information content (AvgIpc) is 2.27. The Kier molecular flexibility index (Phi) is 5.80. The van der Waals surface area contributed by atoms with Crippen LogP contribution >= 0.6 is 35.6 Å². The molecule has 0 saturated heterocycles. The summed E-state index contributed by atoms with van der Waals surface area (Å²) in [5, 5.41) is 0.619. The van der Waals surface area contributed by atoms with Gasteiger partial charge in [0, 0.05) is 10.6 Å². The molecule has 0 aliphatic heterocycles. The number of hydrogen-bond acceptors (Lipinski definition) is 4. The van der Waals surface area contributed by atoms with Gasteiger partial charge in [-0.15, -0.1) is 0 Å². The normalized spacial score (nSPS) is 9.88. The number of Topliss-reactive ketones (excluding diaryl/α,β-unsaturated/α-hetero) is 1. The van der Waals surface area contributed by atoms with E-state index in [-0.39, 0.29) is 5.78 Å². The third-order valence-corrected chi connectivity index (χ3v) is 3.23. The standard InChI is InChI=1S/C11H11ClO2S2/c1-2-14-11(15)16-7-10(13)8-3-5-9(12)6-4-8/h3-6H,2,7H2,1H3. The van der Waals surface area contributed by atoms with E-state index in [1.807, 2.05) is 6.92 Å². The zero-order chi connectivity index (χ0) is 12.0. The van der Waals surface area contributed by atoms with Gasteiger partial charge in [-0.25, -0.2) is 0 Å². The molecule has 2 nitrogen and oxygen atoms in total. The summed E-state index contributed by atoms with van der Waals surface area (Å²) in [7, 11) is 0. The van der Waals surface area contributed by atoms with Gasteiger partial charge in [-0.3, -0.25) is 4.79 Å². The maximum atomic E-state index is 11.7. The Balaban J connectivity index is 2.47. The smallest absolute Gasteiger partial charge is 0.220 e. The number of benzene rings is 1. The Morgan fingerprint density at radius 2 is 2.06 bits per heavy atom. The van der Waals surface area contributed by atoms with Crippen molar-refractivity contribution in [2.75, 3.05) is 12.4 Å². The monoisotopic (exact) mass is 274 g/mol. The fourth-order valence-corrected chi connectivity index (χ4v) is 2.04. The van der Waals surface area contributed by atoms with Gasteiger partial charge >= 0.3 is 0 Å². The van der Waals surface area contributed by atoms with E-state index in [9.17, 15) is 4.79 Å². The zero-order valence-electron chi connectivity index (χ0n) is 8.73. The van der Waals surface area contributed by atoms with Gasteiger partial charge in [0.1, 0.15) is 0 Å². The fourth-order valence-electron chi connectivity index (χ4n) is 1.00. The van der Waals surface area contributed by atoms with Crippen LogP contribution in [0.1, 0.15) is 17.3 Å². The molecule has 5 heteroatoms. The quantitative estimate of drug-likeness (QED) is 0.619. The van der Waals surface area contributed by atoms with E-state index in [4.69, 9.17) is 28.6 Å². The van der Waals surface area contributed by atoms with Gasteiger partial charge in [0.25, 0.3) is 0 Å². The van der Waals surface area contributed by atoms with Crippen molar-refractivity contribution in [2.45, 2.75) is 6.92 Å². The molecule has 0 aliphatic rings. The van der Waals surface area contributed by atoms with Gasteiger partial charge in [0.2, 0.25) is 4.38 Å². The molecule has 16 heavy (non-hydrogen) atoms. The van der Waals surface area contributed by atoms with E-state index < -0.39 is 0 Å². The highest BCUT2D eigenvalue weighted by Gasteiger charge is 2.08. The number of halogens is 1. The molecule has 0 radical (unpaired) electrons. The summed E-state index contributed by atoms with van der Waals surface area (Å²) in [6, 6.07) is 6.80. The summed E-state index contributed by atoms with van der Waals surface area (Å²) < 4.78 is 5.48. The summed E-state index contributed by atoms with van der Waals surface area (Å²) in [6.45, 7) is 2.38. The summed E-state index contributed by atoms with van der Waals surface area (Å²) in [5.41, 5.74) is 0.635. The van der Waals surface area contributed by atoms with Crippen molar-refractivity contribution in [1.82, 2.24) is 0 Å². The lowest BCUT2D eigenvalue weighted by Crippen LogP contribution is -2.06. The summed E-state index contributed by atoms with van der Waals surface area (Å²) in [4.78, 5) is 11.7. The van der Waals surface area contributed by atoms with Crippen LogP contribution in [-0.4, -0.2) is 22.5 Å². The molecule has 0 saturated carbocycles. The minimum Gasteiger partial charge on any atom is -0.479 e. The molecular weight excluding hydrogens is 264 g/mol. The number of rotatable bonds is 4. The van der Waals surface area contributed by atoms with Crippen molar-refractivity contribution < 1.29 is 9.53 Å². The number of ether oxygens (including phenoxy) is 1. The first-order valence-electron chi connectivity index (χ1n) is 4.71. The third-order valence-electron chi connectivity index (χ3n) is 1.75. The Morgan fingerprint density at radius 1 is 1.44 bits per heavy atom. The van der Waals surface area contributed by atoms with Crippen LogP contribution in [0.15, 0.2) is 24.3 Å². The molecule has 0 amide bonds. The van der Waals surface area contributed by atoms with Crippen LogP contribution in [0, 0.1) is 0 Å². The van der Waals surface area contributed by atoms with Crippen molar-refractivity contribution in [3.8, 4) is 0 Å². The molecule has 1 aromatic rings. The Morgan fingerprint density at radius 3 is 2.62 bits per heavy atom. The van der Waals surface area contributed by atoms with E-state index in [0.29, 0.717) is 27.3 Å². The Labute approximate surface area is 109 Å². The van der Waals surface area contributed by atoms with E-state index in [0.717, 1.165) is 0 Å². The molecule has 0 heterocycles. The van der Waals surface area contributed by atoms with E-state index in [1.165, 1.54) is 11.8 Å². The first-order chi connectivity index (χ1) is 7.63. The number of carbonyl (C=O) groups is 1. The number of ketones is 1. The van der Waals surface area contributed by atoms with Crippen LogP contribution in [0.3, 0.4) is 0 Å². The van der Waals surface area contributed by atoms with Crippen LogP contribution in [0.5, 0.6) is 0 Å². The zero-order valence-corrected chi connectivity index (χ0v) is 11.1. The molecule has 0 bridgehead atoms. The first-order valence-corrected chi connectivity index (χ1v) is 6.49. The maximum absolute atomic E-state index is 11.7. The first kappa shape index (κ1) is 13.5. The van der Waals surface area contributed by atoms with Crippen LogP contribution in [-0.2, 0) is 4.74 Å². The molecule has 1 aromatic carbocycles. The van der Waals surface area contributed by atoms with E-state index >= 15 is 0 Å². The fraction of sp³-hybridized carbons (Fsp3) is 0.273. The lowest BCUT2D eigenvalue weighted by atomic mass is 10.1. The molecule has 0 aromatic heterocycles. The summed E-state index contributed by atoms with van der Waals surface area (Å²) in [5.74, 6) is 0.309. The molecule has 0 atom stereocenters. The molecule has 86 valence electrons. The van der Waals surface area contributed by atoms with Gasteiger partial charge in [-0.05, 0) is 43.4 Å². The number of thiocarbonyl (C=S) groups is 1. The molecule has 0 N–H and O–H groups in total. The number of thioether (sulfide) groups is 1. The lowest BCUT2D eigenvalue weighted by molar-refractivity contribution is 0.102. The number of carbonyl (C=O) groups excluding carboxylic acids is 1. The molecule has 0 spiro atoms. The maximum Gasteiger partial charge on any atom is 0.220 e. The second-order valence-corrected chi connectivity index (χ2v) is 4.92. The highest BCUT2D eigenvalue weighted by atomic mass is 35.5. The molecule has 0 unspecified atom stereocenters. The molecule has 0 aliphatic carbocycles. The highest BCUT2D eigenvalue weighted by molar-refractivity contribution is 8.23. The van der Waals surface area contributed by atoms with Gasteiger partial charge < -0.3 is 4.74 Å². The van der Waals surface area contributed by atoms with Gasteiger partial charge in [0.05, 0.1) is 12.4 Å². The van der Waals surface area contributed by atoms with Gasteiger partial charge in [-0.2, -0.15) is 0 Å². The van der Waals surface area contributed by atoms with E-state index in [2.05, 4.69) is 0 Å². The van der Waals surface area contributed by atoms with Gasteiger partial charge in [-0.1, -0.05) is 23.4 Å². The molecular formula is C11H11ClO2S2. The van der Waals surface area contributed by atoms with Crippen LogP contribution in [0.4, 0.5) is 0 Å². The SMILES string of the molecule is CCOC(=S)SCC(=O)c1ccc(Cl)cc1. The average molecular weight is 275 g/mol. The van der Waals surface area contributed by atoms with Crippen LogP contribution < -0.4 is 0 Å². The second-order valence-electron chi connectivity index (χ2n) is 2.90. The minimum atomic E-state index is 0.0173. The Bertz CT molecular complexity index is 376. The summed E-state index contributed by atoms with van der Waals surface area (Å²) in [6.07, 6.45) is 0. The van der Waals surface area contributed by atoms with Crippen molar-refractivity contribution in [3.63, 3.8) is 0 Å². The van der Waals surface area contributed by atoms with Crippen molar-refractivity contribution in [3.05, 3.63) is 34.9 Å². The molecule has 1 rings (SSSR count). The van der Waals surface area contributed by atoms with Crippen LogP contribution in [0.2, 0.25) is 5.02 Å². The predicted molar refractivity (Wildman–Crippen MR) is 72.5 cm³/mol. The topological polar surface area (TPSA) is 26.3 Å². The second kappa shape index (κ2) is 6.89. The predicted octanol–water partition coefficient (Wildman–Crippen LogP) is 3.58. The Hall–Kier alpha value is -0.580. The van der Waals surface area contributed by atoms with Crippen LogP contribution in [0.25, 0.3) is 0 Å². The molecule has 0 fully saturated rings. The lowest BCUT2D eigenvalue weighted by Gasteiger charge is -2.03. The van der Waals surface area contributed by atoms with Gasteiger partial charge in [0.15, 0.2) is 5.78 Å². The minimum absolute atomic E-state index is 0.0173. The van der Waals surface area contributed by atoms with E-state index in [1.54, 1.807) is 24.3 Å². The third kappa shape index (κ3) is 4.51. The number of hydrogen-bond donors (Lipinski definition) is 0. The van der Waals surface area contributed by atoms with Crippen molar-refractivity contribution in [1.29, 1.82) is 0 Å².